The van der Waals surface area contributed by atoms with Crippen molar-refractivity contribution in [2.75, 3.05) is 13.2 Å². The van der Waals surface area contributed by atoms with Gasteiger partial charge in [0.25, 0.3) is 5.91 Å². The number of ether oxygens (including phenoxy) is 2. The van der Waals surface area contributed by atoms with Gasteiger partial charge in [0, 0.05) is 10.0 Å². The topological polar surface area (TPSA) is 81.0 Å². The summed E-state index contributed by atoms with van der Waals surface area (Å²) in [6, 6.07) is 4.94. The Kier molecular flexibility index (Phi) is 4.18. The Morgan fingerprint density at radius 3 is 2.44 bits per heavy atom. The average Bonchev–Trinajstić information content (AvgIpc) is 3.07. The van der Waals surface area contributed by atoms with E-state index in [0.717, 1.165) is 10.0 Å². The van der Waals surface area contributed by atoms with Gasteiger partial charge >= 0.3 is 6.03 Å². The Morgan fingerprint density at radius 2 is 1.81 bits per heavy atom. The first kappa shape index (κ1) is 17.9. The maximum atomic E-state index is 13.1. The third-order valence-electron chi connectivity index (χ3n) is 4.89. The van der Waals surface area contributed by atoms with E-state index in [0.29, 0.717) is 41.8 Å². The molecular weight excluding hydrogens is 416 g/mol. The highest BCUT2D eigenvalue weighted by Gasteiger charge is 2.50. The van der Waals surface area contributed by atoms with E-state index in [1.807, 2.05) is 6.92 Å². The standard InChI is InChI=1S/C19H19BrN2O5/c1-10-6-13(11(2)27-10)19(3)17(23)22(18(24)21-19)9-12-7-15-16(8-14(12)20)26-5-4-25-15/h6-8H,4-5,9H2,1-3H3,(H,21,24)/t19-/m0/s1. The number of halogens is 1. The summed E-state index contributed by atoms with van der Waals surface area (Å²) in [7, 11) is 0. The number of rotatable bonds is 3. The molecular formula is C19H19BrN2O5. The molecule has 0 unspecified atom stereocenters. The predicted molar refractivity (Wildman–Crippen MR) is 99.7 cm³/mol. The number of imide groups is 1. The molecule has 1 fully saturated rings. The van der Waals surface area contributed by atoms with Gasteiger partial charge in [0.2, 0.25) is 0 Å². The zero-order chi connectivity index (χ0) is 19.3. The first-order chi connectivity index (χ1) is 12.8. The molecule has 0 bridgehead atoms. The van der Waals surface area contributed by atoms with Crippen molar-refractivity contribution in [3.05, 3.63) is 45.3 Å². The summed E-state index contributed by atoms with van der Waals surface area (Å²) < 4.78 is 17.5. The van der Waals surface area contributed by atoms with Gasteiger partial charge in [-0.05, 0) is 44.5 Å². The highest BCUT2D eigenvalue weighted by atomic mass is 79.9. The lowest BCUT2D eigenvalue weighted by molar-refractivity contribution is -0.131. The zero-order valence-electron chi connectivity index (χ0n) is 15.2. The van der Waals surface area contributed by atoms with Gasteiger partial charge in [-0.1, -0.05) is 15.9 Å². The summed E-state index contributed by atoms with van der Waals surface area (Å²) in [5.74, 6) is 2.24. The summed E-state index contributed by atoms with van der Waals surface area (Å²) in [5, 5.41) is 2.81. The molecule has 8 heteroatoms. The Bertz CT molecular complexity index is 954. The molecule has 3 heterocycles. The summed E-state index contributed by atoms with van der Waals surface area (Å²) in [6.45, 7) is 6.37. The van der Waals surface area contributed by atoms with E-state index in [-0.39, 0.29) is 12.5 Å². The quantitative estimate of drug-likeness (QED) is 0.748. The monoisotopic (exact) mass is 434 g/mol. The summed E-state index contributed by atoms with van der Waals surface area (Å²) >= 11 is 3.49. The Balaban J connectivity index is 1.65. The van der Waals surface area contributed by atoms with Crippen LogP contribution < -0.4 is 14.8 Å². The van der Waals surface area contributed by atoms with Gasteiger partial charge in [-0.25, -0.2) is 4.79 Å². The smallest absolute Gasteiger partial charge is 0.325 e. The number of amides is 3. The molecule has 1 aromatic carbocycles. The van der Waals surface area contributed by atoms with Gasteiger partial charge in [-0.15, -0.1) is 0 Å². The van der Waals surface area contributed by atoms with Crippen LogP contribution in [0.15, 0.2) is 27.1 Å². The van der Waals surface area contributed by atoms with E-state index < -0.39 is 11.6 Å². The molecule has 1 N–H and O–H groups in total. The lowest BCUT2D eigenvalue weighted by Gasteiger charge is -2.22. The number of nitrogens with one attached hydrogen (secondary N) is 1. The van der Waals surface area contributed by atoms with Crippen molar-refractivity contribution in [3.8, 4) is 11.5 Å². The first-order valence-corrected chi connectivity index (χ1v) is 9.38. The highest BCUT2D eigenvalue weighted by molar-refractivity contribution is 9.10. The second-order valence-electron chi connectivity index (χ2n) is 6.86. The van der Waals surface area contributed by atoms with Crippen molar-refractivity contribution < 1.29 is 23.5 Å². The van der Waals surface area contributed by atoms with Crippen molar-refractivity contribution in [2.45, 2.75) is 32.9 Å². The van der Waals surface area contributed by atoms with Crippen LogP contribution in [-0.2, 0) is 16.9 Å². The van der Waals surface area contributed by atoms with E-state index in [1.54, 1.807) is 32.0 Å². The van der Waals surface area contributed by atoms with Crippen LogP contribution >= 0.6 is 15.9 Å². The largest absolute Gasteiger partial charge is 0.486 e. The van der Waals surface area contributed by atoms with Crippen LogP contribution in [0.5, 0.6) is 11.5 Å². The third kappa shape index (κ3) is 2.88. The second kappa shape index (κ2) is 6.30. The fourth-order valence-corrected chi connectivity index (χ4v) is 4.00. The number of hydrogen-bond acceptors (Lipinski definition) is 5. The third-order valence-corrected chi connectivity index (χ3v) is 5.63. The average molecular weight is 435 g/mol. The number of urea groups is 1. The molecule has 0 saturated carbocycles. The molecule has 2 aliphatic heterocycles. The molecule has 2 aromatic rings. The Hall–Kier alpha value is -2.48. The van der Waals surface area contributed by atoms with Crippen molar-refractivity contribution in [1.29, 1.82) is 0 Å². The van der Waals surface area contributed by atoms with E-state index in [4.69, 9.17) is 13.9 Å². The second-order valence-corrected chi connectivity index (χ2v) is 7.71. The molecule has 1 aromatic heterocycles. The molecule has 1 saturated heterocycles. The number of carbonyl (C=O) groups excluding carboxylic acids is 2. The van der Waals surface area contributed by atoms with Gasteiger partial charge in [0.05, 0.1) is 6.54 Å². The lowest BCUT2D eigenvalue weighted by atomic mass is 9.92. The number of fused-ring (bicyclic) bond motifs is 1. The summed E-state index contributed by atoms with van der Waals surface area (Å²) in [6.07, 6.45) is 0. The minimum Gasteiger partial charge on any atom is -0.486 e. The van der Waals surface area contributed by atoms with Gasteiger partial charge in [0.1, 0.15) is 30.3 Å². The number of aryl methyl sites for hydroxylation is 2. The van der Waals surface area contributed by atoms with Crippen LogP contribution in [0.1, 0.15) is 29.6 Å². The summed E-state index contributed by atoms with van der Waals surface area (Å²) in [4.78, 5) is 26.9. The normalized spacial score (nSPS) is 21.6. The van der Waals surface area contributed by atoms with Crippen molar-refractivity contribution in [2.24, 2.45) is 0 Å². The van der Waals surface area contributed by atoms with Gasteiger partial charge in [-0.3, -0.25) is 9.69 Å². The molecule has 3 amide bonds. The maximum absolute atomic E-state index is 13.1. The first-order valence-electron chi connectivity index (χ1n) is 8.59. The van der Waals surface area contributed by atoms with Crippen LogP contribution in [0.4, 0.5) is 4.79 Å². The Labute approximate surface area is 164 Å². The fourth-order valence-electron chi connectivity index (χ4n) is 3.55. The lowest BCUT2D eigenvalue weighted by Crippen LogP contribution is -2.41. The van der Waals surface area contributed by atoms with Gasteiger partial charge in [0.15, 0.2) is 11.5 Å². The molecule has 2 aliphatic rings. The number of benzene rings is 1. The highest BCUT2D eigenvalue weighted by Crippen LogP contribution is 2.38. The van der Waals surface area contributed by atoms with Gasteiger partial charge < -0.3 is 19.2 Å². The molecule has 0 radical (unpaired) electrons. The number of nitrogens with zero attached hydrogens (tertiary/aromatic N) is 1. The number of furan rings is 1. The molecule has 7 nitrogen and oxygen atoms in total. The van der Waals surface area contributed by atoms with Crippen molar-refractivity contribution in [3.63, 3.8) is 0 Å². The molecule has 4 rings (SSSR count). The number of hydrogen-bond donors (Lipinski definition) is 1. The molecule has 27 heavy (non-hydrogen) atoms. The molecule has 142 valence electrons. The Morgan fingerprint density at radius 1 is 1.15 bits per heavy atom. The minimum absolute atomic E-state index is 0.118. The van der Waals surface area contributed by atoms with Crippen LogP contribution in [0.25, 0.3) is 0 Å². The van der Waals surface area contributed by atoms with Crippen LogP contribution in [0, 0.1) is 13.8 Å². The fraction of sp³-hybridized carbons (Fsp3) is 0.368. The van der Waals surface area contributed by atoms with Crippen LogP contribution in [0.2, 0.25) is 0 Å². The number of carbonyl (C=O) groups is 2. The predicted octanol–water partition coefficient (Wildman–Crippen LogP) is 3.40. The zero-order valence-corrected chi connectivity index (χ0v) is 16.8. The van der Waals surface area contributed by atoms with E-state index in [1.165, 1.54) is 4.90 Å². The van der Waals surface area contributed by atoms with E-state index >= 15 is 0 Å². The van der Waals surface area contributed by atoms with Gasteiger partial charge in [-0.2, -0.15) is 0 Å². The summed E-state index contributed by atoms with van der Waals surface area (Å²) in [5.41, 5.74) is 0.272. The van der Waals surface area contributed by atoms with E-state index in [9.17, 15) is 9.59 Å². The molecule has 0 spiro atoms. The molecule has 0 aliphatic carbocycles. The van der Waals surface area contributed by atoms with Crippen LogP contribution in [0.3, 0.4) is 0 Å². The van der Waals surface area contributed by atoms with Crippen molar-refractivity contribution >= 4 is 27.9 Å². The SMILES string of the molecule is Cc1cc([C@]2(C)NC(=O)N(Cc3cc4c(cc3Br)OCCO4)C2=O)c(C)o1. The minimum atomic E-state index is -1.15. The van der Waals surface area contributed by atoms with Crippen LogP contribution in [-0.4, -0.2) is 30.1 Å². The molecule has 1 atom stereocenters. The van der Waals surface area contributed by atoms with E-state index in [2.05, 4.69) is 21.2 Å². The van der Waals surface area contributed by atoms with Crippen molar-refractivity contribution in [1.82, 2.24) is 10.2 Å². The maximum Gasteiger partial charge on any atom is 0.325 e.